The van der Waals surface area contributed by atoms with E-state index in [9.17, 15) is 0 Å². The van der Waals surface area contributed by atoms with Crippen LogP contribution < -0.4 is 15.4 Å². The van der Waals surface area contributed by atoms with Gasteiger partial charge < -0.3 is 20.1 Å². The highest BCUT2D eigenvalue weighted by molar-refractivity contribution is 7.09. The first kappa shape index (κ1) is 23.5. The third-order valence-electron chi connectivity index (χ3n) is 5.30. The lowest BCUT2D eigenvalue weighted by Crippen LogP contribution is -2.46. The minimum atomic E-state index is 0.0760. The second kappa shape index (κ2) is 10.9. The minimum absolute atomic E-state index is 0.0760. The van der Waals surface area contributed by atoms with Crippen LogP contribution >= 0.6 is 11.3 Å². The molecule has 1 atom stereocenters. The largest absolute Gasteiger partial charge is 0.497 e. The summed E-state index contributed by atoms with van der Waals surface area (Å²) >= 11 is 1.71. The summed E-state index contributed by atoms with van der Waals surface area (Å²) in [5.74, 6) is 1.64. The monoisotopic (exact) mass is 445 g/mol. The third kappa shape index (κ3) is 6.66. The Labute approximate surface area is 189 Å². The normalized spacial score (nSPS) is 16.7. The molecule has 8 heteroatoms. The molecule has 0 bridgehead atoms. The number of methoxy groups -OCH3 is 1. The zero-order chi connectivity index (χ0) is 22.3. The quantitative estimate of drug-likeness (QED) is 0.504. The predicted octanol–water partition coefficient (Wildman–Crippen LogP) is 3.19. The van der Waals surface area contributed by atoms with E-state index in [2.05, 4.69) is 58.8 Å². The lowest BCUT2D eigenvalue weighted by molar-refractivity contribution is 0.0170. The van der Waals surface area contributed by atoms with Crippen molar-refractivity contribution in [2.75, 3.05) is 47.0 Å². The highest BCUT2D eigenvalue weighted by Gasteiger charge is 2.23. The number of aliphatic imine (C=N–C) groups is 1. The van der Waals surface area contributed by atoms with Crippen LogP contribution in [-0.2, 0) is 16.7 Å². The van der Waals surface area contributed by atoms with Gasteiger partial charge in [-0.05, 0) is 17.7 Å². The molecule has 1 unspecified atom stereocenters. The standard InChI is InChI=1S/C23H35N5O2S/c1-23(2,3)21-27-18(16-31-21)14-25-22(24-4)26-15-20(28-10-12-30-13-11-28)17-6-8-19(29-5)9-7-17/h6-9,16,20H,10-15H2,1-5H3,(H2,24,25,26). The lowest BCUT2D eigenvalue weighted by Gasteiger charge is -2.35. The van der Waals surface area contributed by atoms with Crippen molar-refractivity contribution in [1.29, 1.82) is 0 Å². The highest BCUT2D eigenvalue weighted by atomic mass is 32.1. The van der Waals surface area contributed by atoms with Gasteiger partial charge in [0, 0.05) is 37.5 Å². The Morgan fingerprint density at radius 3 is 2.52 bits per heavy atom. The highest BCUT2D eigenvalue weighted by Crippen LogP contribution is 2.26. The molecular formula is C23H35N5O2S. The first-order valence-corrected chi connectivity index (χ1v) is 11.6. The Bertz CT molecular complexity index is 838. The average molecular weight is 446 g/mol. The molecule has 0 spiro atoms. The van der Waals surface area contributed by atoms with Gasteiger partial charge in [-0.25, -0.2) is 4.98 Å². The fourth-order valence-corrected chi connectivity index (χ4v) is 4.40. The number of ether oxygens (including phenoxy) is 2. The van der Waals surface area contributed by atoms with Crippen LogP contribution in [0.25, 0.3) is 0 Å². The summed E-state index contributed by atoms with van der Waals surface area (Å²) < 4.78 is 10.9. The van der Waals surface area contributed by atoms with Gasteiger partial charge in [-0.15, -0.1) is 11.3 Å². The molecule has 0 saturated carbocycles. The Morgan fingerprint density at radius 1 is 1.23 bits per heavy atom. The second-order valence-corrected chi connectivity index (χ2v) is 9.50. The van der Waals surface area contributed by atoms with Crippen molar-refractivity contribution >= 4 is 17.3 Å². The number of thiazole rings is 1. The van der Waals surface area contributed by atoms with Crippen molar-refractivity contribution in [3.8, 4) is 5.75 Å². The molecule has 1 aliphatic rings. The molecule has 0 radical (unpaired) electrons. The number of guanidine groups is 1. The van der Waals surface area contributed by atoms with Crippen LogP contribution in [0.4, 0.5) is 0 Å². The molecule has 2 N–H and O–H groups in total. The number of aromatic nitrogens is 1. The van der Waals surface area contributed by atoms with Crippen LogP contribution in [0.2, 0.25) is 0 Å². The molecule has 2 heterocycles. The van der Waals surface area contributed by atoms with E-state index in [1.807, 2.05) is 12.1 Å². The Balaban J connectivity index is 1.62. The van der Waals surface area contributed by atoms with E-state index in [4.69, 9.17) is 14.5 Å². The molecule has 170 valence electrons. The van der Waals surface area contributed by atoms with Crippen LogP contribution in [-0.4, -0.2) is 62.8 Å². The topological polar surface area (TPSA) is 71.0 Å². The number of hydrogen-bond donors (Lipinski definition) is 2. The van der Waals surface area contributed by atoms with Crippen LogP contribution in [0, 0.1) is 0 Å². The van der Waals surface area contributed by atoms with Gasteiger partial charge in [0.2, 0.25) is 0 Å². The summed E-state index contributed by atoms with van der Waals surface area (Å²) in [4.78, 5) is 11.6. The molecule has 31 heavy (non-hydrogen) atoms. The second-order valence-electron chi connectivity index (χ2n) is 8.64. The Morgan fingerprint density at radius 2 is 1.94 bits per heavy atom. The number of morpholine rings is 1. The maximum atomic E-state index is 5.56. The first-order valence-electron chi connectivity index (χ1n) is 10.8. The van der Waals surface area contributed by atoms with E-state index in [0.29, 0.717) is 6.54 Å². The van der Waals surface area contributed by atoms with E-state index in [-0.39, 0.29) is 11.5 Å². The third-order valence-corrected chi connectivity index (χ3v) is 6.62. The van der Waals surface area contributed by atoms with E-state index in [1.54, 1.807) is 25.5 Å². The molecule has 1 fully saturated rings. The Kier molecular flexibility index (Phi) is 8.28. The summed E-state index contributed by atoms with van der Waals surface area (Å²) in [6.45, 7) is 11.3. The van der Waals surface area contributed by atoms with Crippen LogP contribution in [0.3, 0.4) is 0 Å². The molecule has 1 aromatic heterocycles. The summed E-state index contributed by atoms with van der Waals surface area (Å²) in [7, 11) is 3.49. The van der Waals surface area contributed by atoms with E-state index in [0.717, 1.165) is 55.3 Å². The summed E-state index contributed by atoms with van der Waals surface area (Å²) in [6.07, 6.45) is 0. The number of benzene rings is 1. The van der Waals surface area contributed by atoms with Gasteiger partial charge in [0.1, 0.15) is 5.75 Å². The smallest absolute Gasteiger partial charge is 0.191 e. The van der Waals surface area contributed by atoms with E-state index < -0.39 is 0 Å². The van der Waals surface area contributed by atoms with Crippen molar-refractivity contribution in [2.24, 2.45) is 4.99 Å². The SMILES string of the molecule is CN=C(NCc1csc(C(C)(C)C)n1)NCC(c1ccc(OC)cc1)N1CCOCC1. The molecule has 2 aromatic rings. The molecule has 1 saturated heterocycles. The van der Waals surface area contributed by atoms with Gasteiger partial charge in [0.15, 0.2) is 5.96 Å². The summed E-state index contributed by atoms with van der Waals surface area (Å²) in [5, 5.41) is 10.2. The predicted molar refractivity (Wildman–Crippen MR) is 127 cm³/mol. The molecule has 0 amide bonds. The fraction of sp³-hybridized carbons (Fsp3) is 0.565. The first-order chi connectivity index (χ1) is 14.9. The van der Waals surface area contributed by atoms with Gasteiger partial charge in [0.05, 0.1) is 43.6 Å². The minimum Gasteiger partial charge on any atom is -0.497 e. The van der Waals surface area contributed by atoms with E-state index in [1.165, 1.54) is 5.56 Å². The van der Waals surface area contributed by atoms with Gasteiger partial charge in [-0.1, -0.05) is 32.9 Å². The van der Waals surface area contributed by atoms with Crippen molar-refractivity contribution in [3.05, 3.63) is 45.9 Å². The molecule has 1 aromatic carbocycles. The summed E-state index contributed by atoms with van der Waals surface area (Å²) in [5.41, 5.74) is 2.37. The molecule has 3 rings (SSSR count). The molecule has 7 nitrogen and oxygen atoms in total. The molecular weight excluding hydrogens is 410 g/mol. The number of nitrogens with zero attached hydrogens (tertiary/aromatic N) is 3. The maximum Gasteiger partial charge on any atom is 0.191 e. The molecule has 1 aliphatic heterocycles. The number of rotatable bonds is 7. The van der Waals surface area contributed by atoms with Gasteiger partial charge in [-0.2, -0.15) is 0 Å². The zero-order valence-corrected chi connectivity index (χ0v) is 20.1. The number of hydrogen-bond acceptors (Lipinski definition) is 6. The van der Waals surface area contributed by atoms with Crippen molar-refractivity contribution in [2.45, 2.75) is 38.8 Å². The van der Waals surface area contributed by atoms with Crippen molar-refractivity contribution in [3.63, 3.8) is 0 Å². The van der Waals surface area contributed by atoms with Gasteiger partial charge in [-0.3, -0.25) is 9.89 Å². The van der Waals surface area contributed by atoms with E-state index >= 15 is 0 Å². The molecule has 0 aliphatic carbocycles. The summed E-state index contributed by atoms with van der Waals surface area (Å²) in [6, 6.07) is 8.54. The lowest BCUT2D eigenvalue weighted by atomic mass is 9.98. The number of nitrogens with one attached hydrogen (secondary N) is 2. The average Bonchev–Trinajstić information content (AvgIpc) is 3.27. The van der Waals surface area contributed by atoms with Crippen molar-refractivity contribution < 1.29 is 9.47 Å². The zero-order valence-electron chi connectivity index (χ0n) is 19.3. The maximum absolute atomic E-state index is 5.56. The van der Waals surface area contributed by atoms with Crippen LogP contribution in [0.5, 0.6) is 5.75 Å². The van der Waals surface area contributed by atoms with Crippen LogP contribution in [0.1, 0.15) is 43.1 Å². The van der Waals surface area contributed by atoms with Gasteiger partial charge >= 0.3 is 0 Å². The van der Waals surface area contributed by atoms with Crippen molar-refractivity contribution in [1.82, 2.24) is 20.5 Å². The fourth-order valence-electron chi connectivity index (χ4n) is 3.49. The van der Waals surface area contributed by atoms with Gasteiger partial charge in [0.25, 0.3) is 0 Å². The van der Waals surface area contributed by atoms with Crippen LogP contribution in [0.15, 0.2) is 34.6 Å². The Hall–Kier alpha value is -2.16.